The molecule has 0 aliphatic carbocycles. The maximum atomic E-state index is 12.5. The van der Waals surface area contributed by atoms with E-state index in [2.05, 4.69) is 4.74 Å². The number of carbonyl (C=O) groups is 1. The van der Waals surface area contributed by atoms with Crippen molar-refractivity contribution in [2.75, 3.05) is 0 Å². The lowest BCUT2D eigenvalue weighted by Gasteiger charge is -2.14. The highest BCUT2D eigenvalue weighted by atomic mass is 19.4. The van der Waals surface area contributed by atoms with Crippen LogP contribution in [-0.4, -0.2) is 22.4 Å². The van der Waals surface area contributed by atoms with Gasteiger partial charge in [-0.1, -0.05) is 0 Å². The highest BCUT2D eigenvalue weighted by molar-refractivity contribution is 5.70. The Kier molecular flexibility index (Phi) is 3.94. The van der Waals surface area contributed by atoms with Crippen LogP contribution in [0.3, 0.4) is 0 Å². The third kappa shape index (κ3) is 3.75. The summed E-state index contributed by atoms with van der Waals surface area (Å²) in [6, 6.07) is 0.576. The highest BCUT2D eigenvalue weighted by Gasteiger charge is 2.34. The Morgan fingerprint density at radius 2 is 2.06 bits per heavy atom. The van der Waals surface area contributed by atoms with Crippen LogP contribution in [0, 0.1) is 0 Å². The molecule has 18 heavy (non-hydrogen) atoms. The van der Waals surface area contributed by atoms with Crippen molar-refractivity contribution in [3.05, 3.63) is 27.7 Å². The number of pyridine rings is 1. The molecule has 0 radical (unpaired) electrons. The van der Waals surface area contributed by atoms with Gasteiger partial charge < -0.3 is 14.8 Å². The maximum absolute atomic E-state index is 12.5. The molecule has 0 aromatic carbocycles. The van der Waals surface area contributed by atoms with E-state index < -0.39 is 48.0 Å². The Morgan fingerprint density at radius 1 is 1.44 bits per heavy atom. The van der Waals surface area contributed by atoms with E-state index >= 15 is 0 Å². The number of H-pyrrole nitrogens is 1. The van der Waals surface area contributed by atoms with Crippen LogP contribution in [0.4, 0.5) is 17.6 Å². The normalized spacial score (nSPS) is 11.3. The SMILES string of the molecule is O=C(O)Cc1[nH]c(=O)cc(CF)c1OC(F)(F)F. The van der Waals surface area contributed by atoms with E-state index in [4.69, 9.17) is 5.11 Å². The first-order valence-electron chi connectivity index (χ1n) is 4.51. The fourth-order valence-corrected chi connectivity index (χ4v) is 1.28. The van der Waals surface area contributed by atoms with Gasteiger partial charge in [0.1, 0.15) is 6.67 Å². The van der Waals surface area contributed by atoms with Crippen LogP contribution in [0.5, 0.6) is 5.75 Å². The second-order valence-electron chi connectivity index (χ2n) is 3.22. The molecule has 1 heterocycles. The van der Waals surface area contributed by atoms with E-state index in [-0.39, 0.29) is 0 Å². The van der Waals surface area contributed by atoms with E-state index in [1.807, 2.05) is 4.98 Å². The monoisotopic (exact) mass is 269 g/mol. The summed E-state index contributed by atoms with van der Waals surface area (Å²) in [5, 5.41) is 8.49. The lowest BCUT2D eigenvalue weighted by molar-refractivity contribution is -0.275. The van der Waals surface area contributed by atoms with Gasteiger partial charge in [-0.2, -0.15) is 0 Å². The molecule has 0 aliphatic heterocycles. The fourth-order valence-electron chi connectivity index (χ4n) is 1.28. The molecule has 100 valence electrons. The quantitative estimate of drug-likeness (QED) is 0.809. The van der Waals surface area contributed by atoms with Crippen molar-refractivity contribution in [2.24, 2.45) is 0 Å². The molecule has 0 spiro atoms. The second-order valence-corrected chi connectivity index (χ2v) is 3.22. The molecule has 0 saturated heterocycles. The molecule has 0 bridgehead atoms. The molecule has 0 atom stereocenters. The average molecular weight is 269 g/mol. The zero-order valence-electron chi connectivity index (χ0n) is 8.68. The van der Waals surface area contributed by atoms with E-state index in [0.717, 1.165) is 0 Å². The molecule has 1 aromatic heterocycles. The highest BCUT2D eigenvalue weighted by Crippen LogP contribution is 2.29. The average Bonchev–Trinajstić information content (AvgIpc) is 2.19. The van der Waals surface area contributed by atoms with Gasteiger partial charge in [-0.25, -0.2) is 4.39 Å². The first-order chi connectivity index (χ1) is 8.23. The minimum atomic E-state index is -5.12. The number of halogens is 4. The first kappa shape index (κ1) is 14.0. The molecular formula is C9H7F4NO4. The number of aromatic nitrogens is 1. The number of alkyl halides is 4. The third-order valence-electron chi connectivity index (χ3n) is 1.83. The minimum Gasteiger partial charge on any atom is -0.481 e. The molecule has 0 amide bonds. The van der Waals surface area contributed by atoms with Gasteiger partial charge in [-0.3, -0.25) is 9.59 Å². The Bertz CT molecular complexity index is 508. The zero-order chi connectivity index (χ0) is 13.9. The Morgan fingerprint density at radius 3 is 2.50 bits per heavy atom. The van der Waals surface area contributed by atoms with Crippen LogP contribution < -0.4 is 10.3 Å². The third-order valence-corrected chi connectivity index (χ3v) is 1.83. The minimum absolute atomic E-state index is 0.576. The maximum Gasteiger partial charge on any atom is 0.573 e. The molecule has 0 unspecified atom stereocenters. The van der Waals surface area contributed by atoms with Crippen LogP contribution in [0.2, 0.25) is 0 Å². The van der Waals surface area contributed by atoms with Gasteiger partial charge in [-0.05, 0) is 0 Å². The van der Waals surface area contributed by atoms with Gasteiger partial charge in [0.2, 0.25) is 5.56 Å². The molecule has 0 saturated carbocycles. The first-order valence-corrected chi connectivity index (χ1v) is 4.51. The number of nitrogens with one attached hydrogen (secondary N) is 1. The zero-order valence-corrected chi connectivity index (χ0v) is 8.68. The van der Waals surface area contributed by atoms with Crippen molar-refractivity contribution in [1.82, 2.24) is 4.98 Å². The van der Waals surface area contributed by atoms with Gasteiger partial charge in [0, 0.05) is 11.6 Å². The topological polar surface area (TPSA) is 79.4 Å². The van der Waals surface area contributed by atoms with E-state index in [0.29, 0.717) is 6.07 Å². The molecular weight excluding hydrogens is 262 g/mol. The Hall–Kier alpha value is -2.06. The summed E-state index contributed by atoms with van der Waals surface area (Å²) >= 11 is 0. The summed E-state index contributed by atoms with van der Waals surface area (Å²) in [4.78, 5) is 23.3. The predicted molar refractivity (Wildman–Crippen MR) is 49.9 cm³/mol. The van der Waals surface area contributed by atoms with Crippen molar-refractivity contribution >= 4 is 5.97 Å². The van der Waals surface area contributed by atoms with Crippen molar-refractivity contribution in [1.29, 1.82) is 0 Å². The van der Waals surface area contributed by atoms with Gasteiger partial charge >= 0.3 is 12.3 Å². The number of aliphatic carboxylic acids is 1. The second kappa shape index (κ2) is 5.07. The number of aromatic amines is 1. The van der Waals surface area contributed by atoms with E-state index in [1.54, 1.807) is 0 Å². The number of carboxylic acids is 1. The lowest BCUT2D eigenvalue weighted by atomic mass is 10.1. The lowest BCUT2D eigenvalue weighted by Crippen LogP contribution is -2.23. The summed E-state index contributed by atoms with van der Waals surface area (Å²) < 4.78 is 52.3. The van der Waals surface area contributed by atoms with Crippen molar-refractivity contribution in [3.63, 3.8) is 0 Å². The summed E-state index contributed by atoms with van der Waals surface area (Å²) in [5.41, 5.74) is -2.21. The number of carboxylic acid groups (broad SMARTS) is 1. The predicted octanol–water partition coefficient (Wildman–Crippen LogP) is 1.37. The van der Waals surface area contributed by atoms with Crippen LogP contribution in [-0.2, 0) is 17.9 Å². The number of rotatable bonds is 4. The standard InChI is InChI=1S/C9H7F4NO4/c10-3-4-1-6(15)14-5(2-7(16)17)8(4)18-9(11,12)13/h1H,2-3H2,(H,14,15)(H,16,17). The van der Waals surface area contributed by atoms with E-state index in [9.17, 15) is 27.2 Å². The summed E-state index contributed by atoms with van der Waals surface area (Å²) in [6.07, 6.45) is -6.04. The van der Waals surface area contributed by atoms with Crippen LogP contribution >= 0.6 is 0 Å². The fraction of sp³-hybridized carbons (Fsp3) is 0.333. The molecule has 2 N–H and O–H groups in total. The van der Waals surface area contributed by atoms with Crippen LogP contribution in [0.15, 0.2) is 10.9 Å². The molecule has 0 aliphatic rings. The smallest absolute Gasteiger partial charge is 0.481 e. The molecule has 0 fully saturated rings. The van der Waals surface area contributed by atoms with Crippen LogP contribution in [0.25, 0.3) is 0 Å². The number of ether oxygens (including phenoxy) is 1. The van der Waals surface area contributed by atoms with Crippen molar-refractivity contribution in [2.45, 2.75) is 19.5 Å². The Labute approximate surface area is 97.0 Å². The molecule has 5 nitrogen and oxygen atoms in total. The summed E-state index contributed by atoms with van der Waals surface area (Å²) in [5.74, 6) is -2.51. The van der Waals surface area contributed by atoms with Crippen LogP contribution in [0.1, 0.15) is 11.3 Å². The Balaban J connectivity index is 3.32. The number of hydrogen-bond donors (Lipinski definition) is 2. The van der Waals surface area contributed by atoms with Gasteiger partial charge in [0.05, 0.1) is 12.1 Å². The molecule has 1 rings (SSSR count). The van der Waals surface area contributed by atoms with Crippen molar-refractivity contribution < 1.29 is 32.2 Å². The van der Waals surface area contributed by atoms with Gasteiger partial charge in [0.25, 0.3) is 0 Å². The van der Waals surface area contributed by atoms with Gasteiger partial charge in [0.15, 0.2) is 5.75 Å². The van der Waals surface area contributed by atoms with Gasteiger partial charge in [-0.15, -0.1) is 13.2 Å². The molecule has 1 aromatic rings. The molecule has 9 heteroatoms. The summed E-state index contributed by atoms with van der Waals surface area (Å²) in [6.45, 7) is -1.39. The van der Waals surface area contributed by atoms with Crippen molar-refractivity contribution in [3.8, 4) is 5.75 Å². The summed E-state index contributed by atoms with van der Waals surface area (Å²) in [7, 11) is 0. The van der Waals surface area contributed by atoms with E-state index in [1.165, 1.54) is 0 Å². The largest absolute Gasteiger partial charge is 0.573 e. The number of hydrogen-bond acceptors (Lipinski definition) is 3.